The minimum absolute atomic E-state index is 0.267. The minimum Gasteiger partial charge on any atom is -0.508 e. The van der Waals surface area contributed by atoms with E-state index in [0.29, 0.717) is 6.54 Å². The van der Waals surface area contributed by atoms with Gasteiger partial charge >= 0.3 is 0 Å². The molecule has 0 radical (unpaired) electrons. The average Bonchev–Trinajstić information content (AvgIpc) is 2.55. The van der Waals surface area contributed by atoms with E-state index in [-0.39, 0.29) is 5.75 Å². The Bertz CT molecular complexity index is 769. The van der Waals surface area contributed by atoms with Crippen molar-refractivity contribution in [3.05, 3.63) is 60.4 Å². The lowest BCUT2D eigenvalue weighted by Gasteiger charge is -2.09. The van der Waals surface area contributed by atoms with E-state index < -0.39 is 0 Å². The van der Waals surface area contributed by atoms with Crippen molar-refractivity contribution in [3.8, 4) is 16.9 Å². The summed E-state index contributed by atoms with van der Waals surface area (Å²) in [7, 11) is 0. The Hall–Kier alpha value is -2.43. The molecule has 1 heterocycles. The predicted octanol–water partition coefficient (Wildman–Crippen LogP) is 2.66. The zero-order valence-electron chi connectivity index (χ0n) is 12.3. The maximum absolute atomic E-state index is 9.45. The Balaban J connectivity index is 2.02. The molecule has 0 bridgehead atoms. The van der Waals surface area contributed by atoms with Gasteiger partial charge < -0.3 is 16.2 Å². The number of nitrogens with zero attached hydrogens (tertiary/aromatic N) is 1. The van der Waals surface area contributed by atoms with E-state index in [4.69, 9.17) is 5.73 Å². The number of hydrogen-bond acceptors (Lipinski definition) is 4. The third kappa shape index (κ3) is 3.08. The number of benzene rings is 2. The van der Waals surface area contributed by atoms with Gasteiger partial charge in [0, 0.05) is 43.0 Å². The lowest BCUT2D eigenvalue weighted by atomic mass is 9.99. The van der Waals surface area contributed by atoms with Gasteiger partial charge in [-0.15, -0.1) is 0 Å². The van der Waals surface area contributed by atoms with Crippen LogP contribution in [0.4, 0.5) is 0 Å². The van der Waals surface area contributed by atoms with Crippen LogP contribution in [-0.2, 0) is 6.54 Å². The van der Waals surface area contributed by atoms with E-state index in [2.05, 4.69) is 28.5 Å². The molecule has 0 saturated carbocycles. The molecule has 0 fully saturated rings. The zero-order valence-corrected chi connectivity index (χ0v) is 12.3. The minimum atomic E-state index is 0.267. The first kappa shape index (κ1) is 14.5. The molecule has 0 atom stereocenters. The summed E-state index contributed by atoms with van der Waals surface area (Å²) in [5.41, 5.74) is 8.83. The van der Waals surface area contributed by atoms with E-state index in [0.717, 1.165) is 35.0 Å². The van der Waals surface area contributed by atoms with Crippen LogP contribution in [0.25, 0.3) is 21.9 Å². The van der Waals surface area contributed by atoms with Crippen molar-refractivity contribution in [2.45, 2.75) is 6.54 Å². The van der Waals surface area contributed by atoms with Crippen LogP contribution < -0.4 is 11.1 Å². The van der Waals surface area contributed by atoms with Crippen LogP contribution in [0.15, 0.2) is 54.9 Å². The molecule has 0 saturated heterocycles. The molecule has 4 nitrogen and oxygen atoms in total. The van der Waals surface area contributed by atoms with Gasteiger partial charge in [-0.1, -0.05) is 24.3 Å². The Morgan fingerprint density at radius 3 is 2.64 bits per heavy atom. The monoisotopic (exact) mass is 293 g/mol. The second-order valence-corrected chi connectivity index (χ2v) is 5.25. The van der Waals surface area contributed by atoms with Crippen LogP contribution in [0, 0.1) is 0 Å². The number of hydrogen-bond donors (Lipinski definition) is 3. The Morgan fingerprint density at radius 2 is 1.86 bits per heavy atom. The van der Waals surface area contributed by atoms with Crippen molar-refractivity contribution >= 4 is 10.8 Å². The summed E-state index contributed by atoms with van der Waals surface area (Å²) < 4.78 is 0. The molecule has 22 heavy (non-hydrogen) atoms. The van der Waals surface area contributed by atoms with Crippen LogP contribution in [0.1, 0.15) is 5.56 Å². The van der Waals surface area contributed by atoms with Crippen molar-refractivity contribution in [3.63, 3.8) is 0 Å². The average molecular weight is 293 g/mol. The van der Waals surface area contributed by atoms with Gasteiger partial charge in [0.1, 0.15) is 5.75 Å². The highest BCUT2D eigenvalue weighted by atomic mass is 16.3. The molecule has 4 heteroatoms. The van der Waals surface area contributed by atoms with Crippen LogP contribution in [0.2, 0.25) is 0 Å². The summed E-state index contributed by atoms with van der Waals surface area (Å²) in [5.74, 6) is 0.267. The molecule has 112 valence electrons. The highest BCUT2D eigenvalue weighted by molar-refractivity contribution is 5.96. The Morgan fingerprint density at radius 1 is 1.05 bits per heavy atom. The molecular weight excluding hydrogens is 274 g/mol. The molecule has 4 N–H and O–H groups in total. The quantitative estimate of drug-likeness (QED) is 0.632. The largest absolute Gasteiger partial charge is 0.508 e. The molecule has 0 amide bonds. The van der Waals surface area contributed by atoms with Gasteiger partial charge in [-0.2, -0.15) is 0 Å². The first-order chi connectivity index (χ1) is 10.8. The van der Waals surface area contributed by atoms with Gasteiger partial charge in [0.05, 0.1) is 0 Å². The molecule has 1 aromatic heterocycles. The highest BCUT2D eigenvalue weighted by Gasteiger charge is 2.06. The third-order valence-electron chi connectivity index (χ3n) is 3.65. The Labute approximate surface area is 129 Å². The van der Waals surface area contributed by atoms with E-state index in [9.17, 15) is 5.11 Å². The molecule has 3 rings (SSSR count). The molecule has 0 aliphatic carbocycles. The first-order valence-corrected chi connectivity index (χ1v) is 7.35. The highest BCUT2D eigenvalue weighted by Crippen LogP contribution is 2.29. The molecule has 0 aliphatic rings. The SMILES string of the molecule is NCCNCc1ccc2cncc(-c3ccc(O)cc3)c2c1. The standard InChI is InChI=1S/C18H19N3O/c19-7-8-20-10-13-1-2-15-11-21-12-18(17(15)9-13)14-3-5-16(22)6-4-14/h1-6,9,11-12,20,22H,7-8,10,19H2. The summed E-state index contributed by atoms with van der Waals surface area (Å²) >= 11 is 0. The normalized spacial score (nSPS) is 11.0. The van der Waals surface area contributed by atoms with E-state index >= 15 is 0 Å². The zero-order chi connectivity index (χ0) is 15.4. The fourth-order valence-corrected chi connectivity index (χ4v) is 2.53. The lowest BCUT2D eigenvalue weighted by molar-refractivity contribution is 0.475. The smallest absolute Gasteiger partial charge is 0.115 e. The summed E-state index contributed by atoms with van der Waals surface area (Å²) in [6.45, 7) is 2.24. The van der Waals surface area contributed by atoms with Crippen LogP contribution >= 0.6 is 0 Å². The fraction of sp³-hybridized carbons (Fsp3) is 0.167. The second-order valence-electron chi connectivity index (χ2n) is 5.25. The maximum atomic E-state index is 9.45. The lowest BCUT2D eigenvalue weighted by Crippen LogP contribution is -2.21. The number of pyridine rings is 1. The summed E-state index contributed by atoms with van der Waals surface area (Å²) in [6.07, 6.45) is 3.74. The number of phenolic OH excluding ortho intramolecular Hbond substituents is 1. The summed E-state index contributed by atoms with van der Waals surface area (Å²) in [5, 5.41) is 15.0. The van der Waals surface area contributed by atoms with Crippen molar-refractivity contribution in [1.29, 1.82) is 0 Å². The van der Waals surface area contributed by atoms with Crippen molar-refractivity contribution in [2.75, 3.05) is 13.1 Å². The van der Waals surface area contributed by atoms with Gasteiger partial charge in [-0.3, -0.25) is 4.98 Å². The second kappa shape index (κ2) is 6.56. The fourth-order valence-electron chi connectivity index (χ4n) is 2.53. The predicted molar refractivity (Wildman–Crippen MR) is 89.6 cm³/mol. The number of phenols is 1. The van der Waals surface area contributed by atoms with Gasteiger partial charge in [0.2, 0.25) is 0 Å². The van der Waals surface area contributed by atoms with Crippen molar-refractivity contribution in [2.24, 2.45) is 5.73 Å². The van der Waals surface area contributed by atoms with Crippen molar-refractivity contribution in [1.82, 2.24) is 10.3 Å². The number of aromatic nitrogens is 1. The van der Waals surface area contributed by atoms with Gasteiger partial charge in [0.15, 0.2) is 0 Å². The van der Waals surface area contributed by atoms with Gasteiger partial charge in [0.25, 0.3) is 0 Å². The number of nitrogens with one attached hydrogen (secondary N) is 1. The molecule has 3 aromatic rings. The van der Waals surface area contributed by atoms with E-state index in [1.807, 2.05) is 24.5 Å². The van der Waals surface area contributed by atoms with E-state index in [1.165, 1.54) is 5.56 Å². The number of nitrogens with two attached hydrogens (primary N) is 1. The third-order valence-corrected chi connectivity index (χ3v) is 3.65. The number of aromatic hydroxyl groups is 1. The summed E-state index contributed by atoms with van der Waals surface area (Å²) in [6, 6.07) is 13.6. The molecule has 0 aliphatic heterocycles. The van der Waals surface area contributed by atoms with Crippen LogP contribution in [0.3, 0.4) is 0 Å². The summed E-state index contributed by atoms with van der Waals surface area (Å²) in [4.78, 5) is 4.32. The van der Waals surface area contributed by atoms with Gasteiger partial charge in [-0.25, -0.2) is 0 Å². The molecule has 0 unspecified atom stereocenters. The first-order valence-electron chi connectivity index (χ1n) is 7.35. The molecule has 2 aromatic carbocycles. The van der Waals surface area contributed by atoms with Gasteiger partial charge in [-0.05, 0) is 34.7 Å². The molecule has 0 spiro atoms. The topological polar surface area (TPSA) is 71.2 Å². The Kier molecular flexibility index (Phi) is 4.32. The molecular formula is C18H19N3O. The van der Waals surface area contributed by atoms with Crippen molar-refractivity contribution < 1.29 is 5.11 Å². The maximum Gasteiger partial charge on any atom is 0.115 e. The van der Waals surface area contributed by atoms with Crippen LogP contribution in [-0.4, -0.2) is 23.2 Å². The number of fused-ring (bicyclic) bond motifs is 1. The number of rotatable bonds is 5. The van der Waals surface area contributed by atoms with Crippen LogP contribution in [0.5, 0.6) is 5.75 Å². The van der Waals surface area contributed by atoms with E-state index in [1.54, 1.807) is 12.1 Å².